The average molecular weight is 324 g/mol. The number of aryl methyl sites for hydroxylation is 1. The van der Waals surface area contributed by atoms with E-state index in [-0.39, 0.29) is 11.7 Å². The zero-order valence-electron chi connectivity index (χ0n) is 11.9. The van der Waals surface area contributed by atoms with E-state index in [1.807, 2.05) is 19.1 Å². The number of hydrogen-bond donors (Lipinski definition) is 0. The van der Waals surface area contributed by atoms with Crippen LogP contribution in [-0.2, 0) is 9.84 Å². The SMILES string of the molecule is CCS(=O)(=O)C1CN(C(=O)c2ccc3nc(C)sc3c2)C1. The summed E-state index contributed by atoms with van der Waals surface area (Å²) in [6.07, 6.45) is 0. The molecule has 0 saturated carbocycles. The molecule has 0 radical (unpaired) electrons. The molecule has 7 heteroatoms. The highest BCUT2D eigenvalue weighted by molar-refractivity contribution is 7.92. The van der Waals surface area contributed by atoms with Crippen molar-refractivity contribution in [1.29, 1.82) is 0 Å². The van der Waals surface area contributed by atoms with Crippen molar-refractivity contribution in [1.82, 2.24) is 9.88 Å². The first kappa shape index (κ1) is 14.5. The first-order chi connectivity index (χ1) is 9.90. The number of rotatable bonds is 3. The van der Waals surface area contributed by atoms with Crippen LogP contribution in [0.3, 0.4) is 0 Å². The third-order valence-electron chi connectivity index (χ3n) is 3.79. The lowest BCUT2D eigenvalue weighted by molar-refractivity contribution is 0.0659. The molecule has 2 heterocycles. The van der Waals surface area contributed by atoms with Crippen LogP contribution in [-0.4, -0.2) is 48.3 Å². The van der Waals surface area contributed by atoms with Crippen LogP contribution < -0.4 is 0 Å². The molecule has 0 spiro atoms. The van der Waals surface area contributed by atoms with E-state index < -0.39 is 15.1 Å². The molecule has 21 heavy (non-hydrogen) atoms. The lowest BCUT2D eigenvalue weighted by Gasteiger charge is -2.38. The maximum atomic E-state index is 12.4. The molecule has 1 amide bonds. The largest absolute Gasteiger partial charge is 0.336 e. The van der Waals surface area contributed by atoms with Crippen molar-refractivity contribution in [2.24, 2.45) is 0 Å². The molecule has 0 atom stereocenters. The molecular formula is C14H16N2O3S2. The number of benzene rings is 1. The van der Waals surface area contributed by atoms with Crippen molar-refractivity contribution < 1.29 is 13.2 Å². The molecule has 1 aliphatic heterocycles. The Labute approximate surface area is 127 Å². The average Bonchev–Trinajstić information content (AvgIpc) is 2.75. The molecule has 1 aromatic heterocycles. The van der Waals surface area contributed by atoms with Crippen molar-refractivity contribution in [3.05, 3.63) is 28.8 Å². The highest BCUT2D eigenvalue weighted by Crippen LogP contribution is 2.25. The van der Waals surface area contributed by atoms with Crippen LogP contribution in [0.15, 0.2) is 18.2 Å². The van der Waals surface area contributed by atoms with E-state index in [1.165, 1.54) is 0 Å². The van der Waals surface area contributed by atoms with Gasteiger partial charge in [0.15, 0.2) is 9.84 Å². The normalized spacial score (nSPS) is 16.2. The van der Waals surface area contributed by atoms with Gasteiger partial charge in [-0.25, -0.2) is 13.4 Å². The monoisotopic (exact) mass is 324 g/mol. The summed E-state index contributed by atoms with van der Waals surface area (Å²) in [6, 6.07) is 5.43. The van der Waals surface area contributed by atoms with Gasteiger partial charge in [-0.05, 0) is 25.1 Å². The number of thiazole rings is 1. The molecule has 0 unspecified atom stereocenters. The molecule has 0 N–H and O–H groups in total. The number of aromatic nitrogens is 1. The zero-order valence-corrected chi connectivity index (χ0v) is 13.5. The van der Waals surface area contributed by atoms with Gasteiger partial charge in [0.2, 0.25) is 0 Å². The van der Waals surface area contributed by atoms with Crippen molar-refractivity contribution >= 4 is 37.3 Å². The van der Waals surface area contributed by atoms with E-state index >= 15 is 0 Å². The number of hydrogen-bond acceptors (Lipinski definition) is 5. The van der Waals surface area contributed by atoms with E-state index in [1.54, 1.807) is 29.2 Å². The van der Waals surface area contributed by atoms with Gasteiger partial charge in [0.25, 0.3) is 5.91 Å². The Kier molecular flexibility index (Phi) is 3.49. The highest BCUT2D eigenvalue weighted by Gasteiger charge is 2.38. The maximum absolute atomic E-state index is 12.4. The van der Waals surface area contributed by atoms with Gasteiger partial charge in [0.1, 0.15) is 0 Å². The molecule has 5 nitrogen and oxygen atoms in total. The Morgan fingerprint density at radius 3 is 2.81 bits per heavy atom. The van der Waals surface area contributed by atoms with Crippen LogP contribution in [0, 0.1) is 6.92 Å². The summed E-state index contributed by atoms with van der Waals surface area (Å²) in [6.45, 7) is 4.17. The first-order valence-corrected chi connectivity index (χ1v) is 9.32. The van der Waals surface area contributed by atoms with Gasteiger partial charge in [-0.1, -0.05) is 6.92 Å². The molecule has 1 fully saturated rings. The standard InChI is InChI=1S/C14H16N2O3S2/c1-3-21(18,19)11-7-16(8-11)14(17)10-4-5-12-13(6-10)20-9(2)15-12/h4-6,11H,3,7-8H2,1-2H3. The molecule has 2 aromatic rings. The summed E-state index contributed by atoms with van der Waals surface area (Å²) in [7, 11) is -3.04. The molecule has 1 aliphatic rings. The quantitative estimate of drug-likeness (QED) is 0.864. The number of carbonyl (C=O) groups is 1. The minimum atomic E-state index is -3.04. The molecule has 112 valence electrons. The number of likely N-dealkylation sites (tertiary alicyclic amines) is 1. The summed E-state index contributed by atoms with van der Waals surface area (Å²) >= 11 is 1.55. The second-order valence-corrected chi connectivity index (χ2v) is 9.00. The zero-order chi connectivity index (χ0) is 15.2. The van der Waals surface area contributed by atoms with Crippen molar-refractivity contribution in [3.8, 4) is 0 Å². The van der Waals surface area contributed by atoms with E-state index in [2.05, 4.69) is 4.98 Å². The van der Waals surface area contributed by atoms with Crippen LogP contribution in [0.4, 0.5) is 0 Å². The second-order valence-electron chi connectivity index (χ2n) is 5.20. The molecule has 1 saturated heterocycles. The minimum Gasteiger partial charge on any atom is -0.336 e. The smallest absolute Gasteiger partial charge is 0.253 e. The molecular weight excluding hydrogens is 308 g/mol. The number of amides is 1. The van der Waals surface area contributed by atoms with Crippen LogP contribution >= 0.6 is 11.3 Å². The Bertz CT molecular complexity index is 805. The van der Waals surface area contributed by atoms with Gasteiger partial charge in [-0.3, -0.25) is 4.79 Å². The number of nitrogens with zero attached hydrogens (tertiary/aromatic N) is 2. The van der Waals surface area contributed by atoms with Gasteiger partial charge in [-0.15, -0.1) is 11.3 Å². The summed E-state index contributed by atoms with van der Waals surface area (Å²) in [4.78, 5) is 18.3. The summed E-state index contributed by atoms with van der Waals surface area (Å²) in [5.41, 5.74) is 1.49. The fourth-order valence-electron chi connectivity index (χ4n) is 2.42. The van der Waals surface area contributed by atoms with Gasteiger partial charge < -0.3 is 4.90 Å². The van der Waals surface area contributed by atoms with Crippen molar-refractivity contribution in [2.75, 3.05) is 18.8 Å². The van der Waals surface area contributed by atoms with Crippen LogP contribution in [0.2, 0.25) is 0 Å². The first-order valence-electron chi connectivity index (χ1n) is 6.78. The predicted octanol–water partition coefficient (Wildman–Crippen LogP) is 1.86. The van der Waals surface area contributed by atoms with E-state index in [0.717, 1.165) is 15.2 Å². The van der Waals surface area contributed by atoms with Gasteiger partial charge in [0.05, 0.1) is 20.5 Å². The topological polar surface area (TPSA) is 67.3 Å². The minimum absolute atomic E-state index is 0.106. The fourth-order valence-corrected chi connectivity index (χ4v) is 4.57. The van der Waals surface area contributed by atoms with Gasteiger partial charge >= 0.3 is 0 Å². The third kappa shape index (κ3) is 2.55. The predicted molar refractivity (Wildman–Crippen MR) is 83.5 cm³/mol. The fraction of sp³-hybridized carbons (Fsp3) is 0.429. The third-order valence-corrected chi connectivity index (χ3v) is 6.84. The van der Waals surface area contributed by atoms with E-state index in [9.17, 15) is 13.2 Å². The number of carbonyl (C=O) groups excluding carboxylic acids is 1. The Balaban J connectivity index is 1.76. The van der Waals surface area contributed by atoms with Gasteiger partial charge in [0, 0.05) is 24.4 Å². The molecule has 3 rings (SSSR count). The van der Waals surface area contributed by atoms with Crippen molar-refractivity contribution in [2.45, 2.75) is 19.1 Å². The number of sulfone groups is 1. The molecule has 0 aliphatic carbocycles. The Morgan fingerprint density at radius 1 is 1.43 bits per heavy atom. The Morgan fingerprint density at radius 2 is 2.14 bits per heavy atom. The highest BCUT2D eigenvalue weighted by atomic mass is 32.2. The number of fused-ring (bicyclic) bond motifs is 1. The van der Waals surface area contributed by atoms with Crippen LogP contribution in [0.25, 0.3) is 10.2 Å². The van der Waals surface area contributed by atoms with E-state index in [4.69, 9.17) is 0 Å². The lowest BCUT2D eigenvalue weighted by Crippen LogP contribution is -2.57. The Hall–Kier alpha value is -1.47. The summed E-state index contributed by atoms with van der Waals surface area (Å²) in [5.74, 6) is 0.0247. The second kappa shape index (κ2) is 5.06. The molecule has 0 bridgehead atoms. The summed E-state index contributed by atoms with van der Waals surface area (Å²) < 4.78 is 24.4. The maximum Gasteiger partial charge on any atom is 0.253 e. The lowest BCUT2D eigenvalue weighted by atomic mass is 10.1. The van der Waals surface area contributed by atoms with Crippen LogP contribution in [0.5, 0.6) is 0 Å². The molecule has 1 aromatic carbocycles. The van der Waals surface area contributed by atoms with E-state index in [0.29, 0.717) is 18.7 Å². The van der Waals surface area contributed by atoms with Crippen LogP contribution in [0.1, 0.15) is 22.3 Å². The van der Waals surface area contributed by atoms with Crippen molar-refractivity contribution in [3.63, 3.8) is 0 Å². The van der Waals surface area contributed by atoms with Gasteiger partial charge in [-0.2, -0.15) is 0 Å². The summed E-state index contributed by atoms with van der Waals surface area (Å²) in [5, 5.41) is 0.563.